The van der Waals surface area contributed by atoms with E-state index in [-0.39, 0.29) is 19.6 Å². The molecule has 0 aromatic carbocycles. The molecule has 0 aliphatic carbocycles. The van der Waals surface area contributed by atoms with Gasteiger partial charge in [-0.05, 0) is 24.6 Å². The summed E-state index contributed by atoms with van der Waals surface area (Å²) in [5.74, 6) is -0.939. The number of pyridine rings is 3. The van der Waals surface area contributed by atoms with E-state index in [0.717, 1.165) is 0 Å². The molecule has 15 nitrogen and oxygen atoms in total. The Kier molecular flexibility index (Phi) is 11.5. The number of hydrogen-bond acceptors (Lipinski definition) is 11. The van der Waals surface area contributed by atoms with Crippen LogP contribution in [0, 0.1) is 0 Å². The molecule has 1 saturated heterocycles. The maximum Gasteiger partial charge on any atom is 0.320 e. The predicted molar refractivity (Wildman–Crippen MR) is 163 cm³/mol. The van der Waals surface area contributed by atoms with Crippen LogP contribution in [0.5, 0.6) is 0 Å². The van der Waals surface area contributed by atoms with Crippen molar-refractivity contribution >= 4 is 5.97 Å². The maximum atomic E-state index is 12.2. The topological polar surface area (TPSA) is 177 Å². The van der Waals surface area contributed by atoms with Crippen LogP contribution in [-0.2, 0) is 24.4 Å². The summed E-state index contributed by atoms with van der Waals surface area (Å²) in [6.45, 7) is 5.95. The summed E-state index contributed by atoms with van der Waals surface area (Å²) in [4.78, 5) is 56.5. The summed E-state index contributed by atoms with van der Waals surface area (Å²) in [7, 11) is 0. The average molecular weight is 628 g/mol. The van der Waals surface area contributed by atoms with Gasteiger partial charge in [-0.3, -0.25) is 38.8 Å². The van der Waals surface area contributed by atoms with E-state index in [2.05, 4.69) is 4.90 Å². The van der Waals surface area contributed by atoms with E-state index < -0.39 is 28.7 Å². The highest BCUT2D eigenvalue weighted by atomic mass is 16.5. The van der Waals surface area contributed by atoms with Crippen molar-refractivity contribution < 1.29 is 25.5 Å². The van der Waals surface area contributed by atoms with Crippen molar-refractivity contribution in [2.24, 2.45) is 0 Å². The molecule has 1 aliphatic rings. The molecule has 1 atom stereocenters. The summed E-state index contributed by atoms with van der Waals surface area (Å²) >= 11 is 0. The summed E-state index contributed by atoms with van der Waals surface area (Å²) in [5, 5.41) is 41.1. The van der Waals surface area contributed by atoms with E-state index in [1.54, 1.807) is 36.4 Å². The molecule has 244 valence electrons. The van der Waals surface area contributed by atoms with Gasteiger partial charge in [-0.15, -0.1) is 0 Å². The van der Waals surface area contributed by atoms with Crippen molar-refractivity contribution in [2.75, 3.05) is 52.4 Å². The second-order valence-electron chi connectivity index (χ2n) is 11.1. The third-order valence-electron chi connectivity index (χ3n) is 8.17. The zero-order valence-corrected chi connectivity index (χ0v) is 25.3. The molecular weight excluding hydrogens is 586 g/mol. The van der Waals surface area contributed by atoms with Crippen molar-refractivity contribution in [2.45, 2.75) is 39.0 Å². The van der Waals surface area contributed by atoms with Crippen LogP contribution in [0.3, 0.4) is 0 Å². The molecule has 3 aromatic rings. The minimum Gasteiger partial charge on any atom is -0.480 e. The highest BCUT2D eigenvalue weighted by Gasteiger charge is 2.26. The van der Waals surface area contributed by atoms with Crippen molar-refractivity contribution in [1.82, 2.24) is 33.8 Å². The quantitative estimate of drug-likeness (QED) is 0.232. The van der Waals surface area contributed by atoms with Crippen LogP contribution in [0.15, 0.2) is 69.0 Å². The van der Waals surface area contributed by atoms with Crippen LogP contribution >= 0.6 is 0 Å². The lowest BCUT2D eigenvalue weighted by Gasteiger charge is -2.36. The van der Waals surface area contributed by atoms with Crippen molar-refractivity contribution in [3.8, 4) is 0 Å². The number of carboxylic acids is 1. The Morgan fingerprint density at radius 1 is 0.600 bits per heavy atom. The van der Waals surface area contributed by atoms with E-state index in [9.17, 15) is 39.9 Å². The Hall–Kier alpha value is -4.44. The number of carbonyl (C=O) groups is 1. The molecule has 1 fully saturated rings. The second kappa shape index (κ2) is 15.5. The Bertz CT molecular complexity index is 1540. The molecule has 0 saturated carbocycles. The second-order valence-corrected chi connectivity index (χ2v) is 11.1. The first kappa shape index (κ1) is 33.5. The van der Waals surface area contributed by atoms with Crippen LogP contribution in [0.25, 0.3) is 0 Å². The molecule has 1 unspecified atom stereocenters. The normalized spacial score (nSPS) is 17.4. The zero-order chi connectivity index (χ0) is 32.5. The molecule has 15 heteroatoms. The van der Waals surface area contributed by atoms with Gasteiger partial charge in [0.2, 0.25) is 0 Å². The molecular formula is C30H41N7O8. The maximum absolute atomic E-state index is 12.2. The minimum absolute atomic E-state index is 0.225. The van der Waals surface area contributed by atoms with Crippen LogP contribution < -0.4 is 16.7 Å². The van der Waals surface area contributed by atoms with Gasteiger partial charge in [0, 0.05) is 90.2 Å². The van der Waals surface area contributed by atoms with Crippen molar-refractivity contribution in [3.63, 3.8) is 0 Å². The van der Waals surface area contributed by atoms with E-state index in [0.29, 0.717) is 90.1 Å². The van der Waals surface area contributed by atoms with Gasteiger partial charge in [-0.2, -0.15) is 14.2 Å². The molecule has 4 heterocycles. The third kappa shape index (κ3) is 8.82. The van der Waals surface area contributed by atoms with Gasteiger partial charge >= 0.3 is 5.97 Å². The molecule has 0 radical (unpaired) electrons. The number of hydrogen-bond donors (Lipinski definition) is 4. The standard InChI is InChI=1S/C30H41N7O8/c1-2-26(30(41)42)34-18-16-32(21-24-7-4-10-28(39)36(24)44)14-12-31(20-23-6-3-9-27(38)35(23)43)13-15-33(17-19-34)22-25-8-5-11-29(40)37(25)45/h3-11,26,43-45H,2,12-22H2,1H3,(H,41,42). The third-order valence-corrected chi connectivity index (χ3v) is 8.17. The Balaban J connectivity index is 1.65. The lowest BCUT2D eigenvalue weighted by atomic mass is 10.1. The fraction of sp³-hybridized carbons (Fsp3) is 0.467. The smallest absolute Gasteiger partial charge is 0.320 e. The number of aromatic nitrogens is 3. The molecule has 1 aliphatic heterocycles. The molecule has 4 N–H and O–H groups in total. The monoisotopic (exact) mass is 627 g/mol. The fourth-order valence-corrected chi connectivity index (χ4v) is 5.55. The van der Waals surface area contributed by atoms with Crippen LogP contribution in [-0.4, -0.2) is 119 Å². The van der Waals surface area contributed by atoms with Gasteiger partial charge in [0.15, 0.2) is 0 Å². The lowest BCUT2D eigenvalue weighted by molar-refractivity contribution is -0.143. The summed E-state index contributed by atoms with van der Waals surface area (Å²) in [6, 6.07) is 12.7. The minimum atomic E-state index is -0.939. The molecule has 0 bridgehead atoms. The van der Waals surface area contributed by atoms with Gasteiger partial charge in [0.25, 0.3) is 16.7 Å². The first-order valence-corrected chi connectivity index (χ1v) is 14.9. The van der Waals surface area contributed by atoms with E-state index in [1.165, 1.54) is 18.2 Å². The number of aliphatic carboxylic acids is 1. The van der Waals surface area contributed by atoms with E-state index in [1.807, 2.05) is 21.6 Å². The van der Waals surface area contributed by atoms with Gasteiger partial charge in [-0.25, -0.2) is 0 Å². The number of rotatable bonds is 9. The van der Waals surface area contributed by atoms with Gasteiger partial charge in [0.1, 0.15) is 6.04 Å². The van der Waals surface area contributed by atoms with Crippen LogP contribution in [0.4, 0.5) is 0 Å². The largest absolute Gasteiger partial charge is 0.480 e. The lowest BCUT2D eigenvalue weighted by Crippen LogP contribution is -2.50. The van der Waals surface area contributed by atoms with Gasteiger partial charge in [-0.1, -0.05) is 25.1 Å². The highest BCUT2D eigenvalue weighted by molar-refractivity contribution is 5.73. The fourth-order valence-electron chi connectivity index (χ4n) is 5.55. The summed E-state index contributed by atoms with van der Waals surface area (Å²) in [5.41, 5.74) is -0.504. The Labute approximate surface area is 259 Å². The summed E-state index contributed by atoms with van der Waals surface area (Å²) < 4.78 is 1.83. The van der Waals surface area contributed by atoms with E-state index >= 15 is 0 Å². The number of carboxylic acid groups (broad SMARTS) is 1. The van der Waals surface area contributed by atoms with Crippen LogP contribution in [0.1, 0.15) is 30.4 Å². The van der Waals surface area contributed by atoms with Crippen molar-refractivity contribution in [1.29, 1.82) is 0 Å². The van der Waals surface area contributed by atoms with Gasteiger partial charge in [0.05, 0.1) is 17.1 Å². The SMILES string of the molecule is CCC(C(=O)O)N1CCN(Cc2cccc(=O)n2O)CCN(Cc2cccc(=O)n2O)CCN(Cc2cccc(=O)n2O)CC1. The Morgan fingerprint density at radius 2 is 0.911 bits per heavy atom. The predicted octanol–water partition coefficient (Wildman–Crippen LogP) is -0.131. The molecule has 45 heavy (non-hydrogen) atoms. The molecule has 4 rings (SSSR count). The molecule has 0 spiro atoms. The average Bonchev–Trinajstić information content (AvgIpc) is 3.00. The zero-order valence-electron chi connectivity index (χ0n) is 25.3. The molecule has 0 amide bonds. The van der Waals surface area contributed by atoms with Crippen molar-refractivity contribution in [3.05, 3.63) is 103 Å². The van der Waals surface area contributed by atoms with Crippen LogP contribution in [0.2, 0.25) is 0 Å². The number of nitrogens with zero attached hydrogens (tertiary/aromatic N) is 7. The first-order chi connectivity index (χ1) is 21.6. The van der Waals surface area contributed by atoms with Gasteiger partial charge < -0.3 is 20.7 Å². The highest BCUT2D eigenvalue weighted by Crippen LogP contribution is 2.12. The van der Waals surface area contributed by atoms with E-state index in [4.69, 9.17) is 0 Å². The Morgan fingerprint density at radius 3 is 1.20 bits per heavy atom. The summed E-state index contributed by atoms with van der Waals surface area (Å²) in [6.07, 6.45) is 0.382. The first-order valence-electron chi connectivity index (χ1n) is 14.9. The molecule has 3 aromatic heterocycles.